The third-order valence-electron chi connectivity index (χ3n) is 3.73. The van der Waals surface area contributed by atoms with Gasteiger partial charge in [0.2, 0.25) is 0 Å². The monoisotopic (exact) mass is 279 g/mol. The minimum absolute atomic E-state index is 0.791. The van der Waals surface area contributed by atoms with Crippen molar-refractivity contribution >= 4 is 11.8 Å². The maximum atomic E-state index is 5.71. The van der Waals surface area contributed by atoms with Crippen LogP contribution in [0, 0.1) is 5.92 Å². The van der Waals surface area contributed by atoms with E-state index in [0.717, 1.165) is 29.9 Å². The minimum Gasteiger partial charge on any atom is -0.494 e. The molecule has 1 aromatic carbocycles. The number of hydrogen-bond donors (Lipinski definition) is 1. The fourth-order valence-electron chi connectivity index (χ4n) is 2.48. The Morgan fingerprint density at radius 2 is 2.00 bits per heavy atom. The van der Waals surface area contributed by atoms with Crippen molar-refractivity contribution in [2.24, 2.45) is 5.92 Å². The third kappa shape index (κ3) is 5.45. The van der Waals surface area contributed by atoms with Crippen molar-refractivity contribution in [1.29, 1.82) is 0 Å². The zero-order valence-electron chi connectivity index (χ0n) is 11.8. The number of benzene rings is 1. The van der Waals surface area contributed by atoms with Crippen molar-refractivity contribution in [2.45, 2.75) is 31.4 Å². The average Bonchev–Trinajstić information content (AvgIpc) is 2.49. The Balaban J connectivity index is 1.54. The smallest absolute Gasteiger partial charge is 0.119 e. The molecule has 1 heterocycles. The van der Waals surface area contributed by atoms with Gasteiger partial charge in [-0.05, 0) is 56.2 Å². The molecule has 19 heavy (non-hydrogen) atoms. The highest BCUT2D eigenvalue weighted by atomic mass is 32.2. The van der Waals surface area contributed by atoms with Gasteiger partial charge in [-0.15, -0.1) is 0 Å². The van der Waals surface area contributed by atoms with Crippen LogP contribution in [0.15, 0.2) is 30.3 Å². The maximum absolute atomic E-state index is 5.71. The molecule has 0 saturated carbocycles. The number of nitrogens with one attached hydrogen (secondary N) is 1. The van der Waals surface area contributed by atoms with Crippen molar-refractivity contribution in [3.05, 3.63) is 30.3 Å². The molecular weight excluding hydrogens is 254 g/mol. The largest absolute Gasteiger partial charge is 0.494 e. The fraction of sp³-hybridized carbons (Fsp3) is 0.625. The molecule has 0 bridgehead atoms. The summed E-state index contributed by atoms with van der Waals surface area (Å²) in [7, 11) is 0. The maximum Gasteiger partial charge on any atom is 0.119 e. The van der Waals surface area contributed by atoms with Gasteiger partial charge in [-0.2, -0.15) is 11.8 Å². The van der Waals surface area contributed by atoms with Gasteiger partial charge in [0.25, 0.3) is 0 Å². The summed E-state index contributed by atoms with van der Waals surface area (Å²) < 4.78 is 5.71. The van der Waals surface area contributed by atoms with Crippen molar-refractivity contribution < 1.29 is 4.74 Å². The molecule has 1 unspecified atom stereocenters. The van der Waals surface area contributed by atoms with Gasteiger partial charge in [-0.1, -0.05) is 25.1 Å². The lowest BCUT2D eigenvalue weighted by atomic mass is 9.95. The lowest BCUT2D eigenvalue weighted by Crippen LogP contribution is -2.31. The lowest BCUT2D eigenvalue weighted by Gasteiger charge is -2.27. The first-order valence-corrected chi connectivity index (χ1v) is 8.41. The SMILES string of the molecule is CC(SCCCOc1ccccc1)C1CCNCC1. The Labute approximate surface area is 121 Å². The summed E-state index contributed by atoms with van der Waals surface area (Å²) in [6, 6.07) is 10.1. The van der Waals surface area contributed by atoms with Crippen molar-refractivity contribution in [1.82, 2.24) is 5.32 Å². The van der Waals surface area contributed by atoms with Gasteiger partial charge in [-0.25, -0.2) is 0 Å². The van der Waals surface area contributed by atoms with Crippen LogP contribution in [0.2, 0.25) is 0 Å². The molecule has 106 valence electrons. The van der Waals surface area contributed by atoms with Gasteiger partial charge in [0.05, 0.1) is 6.61 Å². The molecule has 3 heteroatoms. The highest BCUT2D eigenvalue weighted by Crippen LogP contribution is 2.26. The highest BCUT2D eigenvalue weighted by molar-refractivity contribution is 7.99. The second-order valence-electron chi connectivity index (χ2n) is 5.18. The Bertz CT molecular complexity index is 338. The normalized spacial score (nSPS) is 18.2. The predicted octanol–water partition coefficient (Wildman–Crippen LogP) is 3.58. The molecule has 2 nitrogen and oxygen atoms in total. The summed E-state index contributed by atoms with van der Waals surface area (Å²) in [5.41, 5.74) is 0. The Morgan fingerprint density at radius 1 is 1.26 bits per heavy atom. The summed E-state index contributed by atoms with van der Waals surface area (Å²) >= 11 is 2.11. The van der Waals surface area contributed by atoms with Crippen LogP contribution in [-0.4, -0.2) is 30.7 Å². The molecular formula is C16H25NOS. The topological polar surface area (TPSA) is 21.3 Å². The van der Waals surface area contributed by atoms with E-state index >= 15 is 0 Å². The van der Waals surface area contributed by atoms with Crippen LogP contribution < -0.4 is 10.1 Å². The number of piperidine rings is 1. The van der Waals surface area contributed by atoms with E-state index in [4.69, 9.17) is 4.74 Å². The average molecular weight is 279 g/mol. The quantitative estimate of drug-likeness (QED) is 0.771. The Hall–Kier alpha value is -0.670. The molecule has 2 rings (SSSR count). The van der Waals surface area contributed by atoms with Crippen LogP contribution in [0.4, 0.5) is 0 Å². The molecule has 0 spiro atoms. The van der Waals surface area contributed by atoms with Gasteiger partial charge < -0.3 is 10.1 Å². The second-order valence-corrected chi connectivity index (χ2v) is 6.66. The summed E-state index contributed by atoms with van der Waals surface area (Å²) in [6.45, 7) is 5.62. The summed E-state index contributed by atoms with van der Waals surface area (Å²) in [5, 5.41) is 4.23. The number of para-hydroxylation sites is 1. The zero-order chi connectivity index (χ0) is 13.3. The predicted molar refractivity (Wildman–Crippen MR) is 84.1 cm³/mol. The summed E-state index contributed by atoms with van der Waals surface area (Å²) in [4.78, 5) is 0. The number of ether oxygens (including phenoxy) is 1. The minimum atomic E-state index is 0.791. The van der Waals surface area contributed by atoms with E-state index in [1.165, 1.54) is 31.7 Å². The summed E-state index contributed by atoms with van der Waals surface area (Å²) in [5.74, 6) is 3.10. The first-order chi connectivity index (χ1) is 9.36. The molecule has 1 aliphatic heterocycles. The Kier molecular flexibility index (Phi) is 6.58. The van der Waals surface area contributed by atoms with E-state index in [1.54, 1.807) is 0 Å². The molecule has 0 amide bonds. The van der Waals surface area contributed by atoms with E-state index in [-0.39, 0.29) is 0 Å². The number of hydrogen-bond acceptors (Lipinski definition) is 3. The number of rotatable bonds is 7. The van der Waals surface area contributed by atoms with E-state index < -0.39 is 0 Å². The summed E-state index contributed by atoms with van der Waals surface area (Å²) in [6.07, 6.45) is 3.82. The van der Waals surface area contributed by atoms with Crippen LogP contribution in [0.1, 0.15) is 26.2 Å². The highest BCUT2D eigenvalue weighted by Gasteiger charge is 2.19. The first-order valence-electron chi connectivity index (χ1n) is 7.36. The van der Waals surface area contributed by atoms with Crippen LogP contribution >= 0.6 is 11.8 Å². The van der Waals surface area contributed by atoms with Gasteiger partial charge in [-0.3, -0.25) is 0 Å². The molecule has 0 aromatic heterocycles. The van der Waals surface area contributed by atoms with Gasteiger partial charge in [0.1, 0.15) is 5.75 Å². The van der Waals surface area contributed by atoms with Crippen LogP contribution in [0.3, 0.4) is 0 Å². The van der Waals surface area contributed by atoms with Crippen molar-refractivity contribution in [3.8, 4) is 5.75 Å². The second kappa shape index (κ2) is 8.49. The van der Waals surface area contributed by atoms with E-state index in [0.29, 0.717) is 0 Å². The molecule has 1 saturated heterocycles. The molecule has 1 atom stereocenters. The molecule has 0 radical (unpaired) electrons. The van der Waals surface area contributed by atoms with Crippen LogP contribution in [0.25, 0.3) is 0 Å². The zero-order valence-corrected chi connectivity index (χ0v) is 12.6. The first kappa shape index (κ1) is 14.7. The van der Waals surface area contributed by atoms with E-state index in [1.807, 2.05) is 30.3 Å². The van der Waals surface area contributed by atoms with Gasteiger partial charge in [0, 0.05) is 5.25 Å². The molecule has 1 aliphatic rings. The Morgan fingerprint density at radius 3 is 2.74 bits per heavy atom. The van der Waals surface area contributed by atoms with Crippen LogP contribution in [0.5, 0.6) is 5.75 Å². The lowest BCUT2D eigenvalue weighted by molar-refractivity contribution is 0.318. The van der Waals surface area contributed by atoms with E-state index in [9.17, 15) is 0 Å². The third-order valence-corrected chi connectivity index (χ3v) is 5.16. The molecule has 0 aliphatic carbocycles. The van der Waals surface area contributed by atoms with E-state index in [2.05, 4.69) is 24.0 Å². The molecule has 1 N–H and O–H groups in total. The fourth-order valence-corrected chi connectivity index (χ4v) is 3.69. The molecule has 1 fully saturated rings. The van der Waals surface area contributed by atoms with Crippen LogP contribution in [-0.2, 0) is 0 Å². The van der Waals surface area contributed by atoms with Crippen molar-refractivity contribution in [3.63, 3.8) is 0 Å². The molecule has 1 aromatic rings. The van der Waals surface area contributed by atoms with Gasteiger partial charge >= 0.3 is 0 Å². The standard InChI is InChI=1S/C16H25NOS/c1-14(15-8-10-17-11-9-15)19-13-5-12-18-16-6-3-2-4-7-16/h2-4,6-7,14-15,17H,5,8-13H2,1H3. The van der Waals surface area contributed by atoms with Gasteiger partial charge in [0.15, 0.2) is 0 Å². The number of thioether (sulfide) groups is 1. The van der Waals surface area contributed by atoms with Crippen molar-refractivity contribution in [2.75, 3.05) is 25.4 Å².